The fraction of sp³-hybridized carbons (Fsp3) is 0.561. The lowest BCUT2D eigenvalue weighted by atomic mass is 9.62. The molecule has 8 unspecified atom stereocenters. The van der Waals surface area contributed by atoms with E-state index in [4.69, 9.17) is 22.6 Å². The first-order chi connectivity index (χ1) is 30.0. The van der Waals surface area contributed by atoms with E-state index in [9.17, 15) is 74.3 Å². The van der Waals surface area contributed by atoms with Gasteiger partial charge in [0.2, 0.25) is 0 Å². The third kappa shape index (κ3) is 5.74. The Kier molecular flexibility index (Phi) is 10.0. The van der Waals surface area contributed by atoms with Crippen LogP contribution in [0.4, 0.5) is 65.9 Å². The maximum absolute atomic E-state index is 14.7. The molecule has 0 radical (unpaired) electrons. The largest absolute Gasteiger partial charge is 0.524 e. The molecule has 4 saturated carbocycles. The predicted octanol–water partition coefficient (Wildman–Crippen LogP) is 11.6. The Morgan fingerprint density at radius 1 is 0.554 bits per heavy atom. The van der Waals surface area contributed by atoms with Crippen molar-refractivity contribution in [1.82, 2.24) is 0 Å². The molecule has 7 nitrogen and oxygen atoms in total. The van der Waals surface area contributed by atoms with Crippen molar-refractivity contribution in [3.8, 4) is 11.5 Å². The van der Waals surface area contributed by atoms with E-state index in [1.54, 1.807) is 0 Å². The average molecular weight is 989 g/mol. The van der Waals surface area contributed by atoms with E-state index >= 15 is 0 Å². The summed E-state index contributed by atoms with van der Waals surface area (Å²) in [6, 6.07) is 13.3. The fourth-order valence-corrected chi connectivity index (χ4v) is 17.5. The van der Waals surface area contributed by atoms with E-state index in [0.29, 0.717) is 0 Å². The second kappa shape index (κ2) is 14.0. The Bertz CT molecular complexity index is 2350. The standard InChI is InChI=1S/C41H35F15O7S2/c1-59-29-23(33-16-14-20(18-33)27-31(33)61-35(27,37(42,43)44)38(45,46)47)10-6-12-25(29)64(22-8-4-3-5-9-22,63-65(57,58)41(54,55)56)26-13-7-11-24(30(26)60-2)34-17-15-21(19-34)28-32(34)62-36(28,39(48,49)50)40(51,52)53/h3-13,20-21,27-28,31-32H,14-19H2,1-2H3. The van der Waals surface area contributed by atoms with Crippen molar-refractivity contribution >= 4 is 20.4 Å². The summed E-state index contributed by atoms with van der Waals surface area (Å²) < 4.78 is 272. The second-order valence-corrected chi connectivity index (χ2v) is 21.8. The minimum atomic E-state index is -6.78. The van der Waals surface area contributed by atoms with Crippen LogP contribution < -0.4 is 9.47 Å². The maximum Gasteiger partial charge on any atom is 0.524 e. The Morgan fingerprint density at radius 3 is 1.28 bits per heavy atom. The Balaban J connectivity index is 1.29. The highest BCUT2D eigenvalue weighted by Crippen LogP contribution is 2.80. The number of alkyl halides is 15. The van der Waals surface area contributed by atoms with E-state index in [2.05, 4.69) is 0 Å². The summed E-state index contributed by atoms with van der Waals surface area (Å²) in [6.07, 6.45) is -28.4. The quantitative estimate of drug-likeness (QED) is 0.156. The van der Waals surface area contributed by atoms with Crippen LogP contribution in [-0.4, -0.2) is 76.3 Å². The molecule has 2 aliphatic heterocycles. The van der Waals surface area contributed by atoms with Gasteiger partial charge in [0.15, 0.2) is 0 Å². The predicted molar refractivity (Wildman–Crippen MR) is 195 cm³/mol. The molecule has 2 saturated heterocycles. The zero-order valence-electron chi connectivity index (χ0n) is 33.4. The lowest BCUT2D eigenvalue weighted by molar-refractivity contribution is -0.472. The molecule has 9 rings (SSSR count). The SMILES string of the molecule is COc1c(C23CCC(C2)C2C3OC2(C(F)(F)F)C(F)(F)F)cccc1S(OS(=O)(=O)C(F)(F)F)(c1ccccc1)c1cccc(C23CCC(C2)C2C3OC2(C(F)(F)F)C(F)(F)F)c1OC. The van der Waals surface area contributed by atoms with Gasteiger partial charge in [0.1, 0.15) is 11.5 Å². The third-order valence-electron chi connectivity index (χ3n) is 14.8. The summed E-state index contributed by atoms with van der Waals surface area (Å²) in [5.41, 5.74) is -19.0. The van der Waals surface area contributed by atoms with E-state index in [1.807, 2.05) is 0 Å². The molecule has 0 aromatic heterocycles. The van der Waals surface area contributed by atoms with Crippen LogP contribution in [0.15, 0.2) is 81.4 Å². The fourth-order valence-electron chi connectivity index (χ4n) is 12.5. The van der Waals surface area contributed by atoms with Crippen molar-refractivity contribution in [1.29, 1.82) is 0 Å². The third-order valence-corrected chi connectivity index (χ3v) is 19.7. The molecule has 3 aromatic rings. The summed E-state index contributed by atoms with van der Waals surface area (Å²) in [5, 5.41) is 0. The number of methoxy groups -OCH3 is 2. The summed E-state index contributed by atoms with van der Waals surface area (Å²) in [4.78, 5) is -1.38. The van der Waals surface area contributed by atoms with Crippen LogP contribution in [0.1, 0.15) is 49.7 Å². The second-order valence-electron chi connectivity index (χ2n) is 17.4. The summed E-state index contributed by atoms with van der Waals surface area (Å²) in [5.74, 6) is -7.74. The zero-order chi connectivity index (χ0) is 47.6. The number of hydrogen-bond donors (Lipinski definition) is 0. The van der Waals surface area contributed by atoms with Gasteiger partial charge in [-0.05, 0) is 84.9 Å². The van der Waals surface area contributed by atoms with Crippen molar-refractivity contribution in [2.45, 2.75) is 118 Å². The topological polar surface area (TPSA) is 80.3 Å². The Morgan fingerprint density at radius 2 is 0.938 bits per heavy atom. The lowest BCUT2D eigenvalue weighted by Gasteiger charge is -2.59. The first-order valence-corrected chi connectivity index (χ1v) is 22.8. The maximum atomic E-state index is 14.7. The number of para-hydroxylation sites is 2. The van der Waals surface area contributed by atoms with Gasteiger partial charge in [0.25, 0.3) is 11.2 Å². The molecule has 24 heteroatoms. The first-order valence-electron chi connectivity index (χ1n) is 19.9. The van der Waals surface area contributed by atoms with Gasteiger partial charge in [0, 0.05) is 38.7 Å². The molecule has 4 bridgehead atoms. The highest BCUT2D eigenvalue weighted by atomic mass is 32.3. The molecule has 8 atom stereocenters. The summed E-state index contributed by atoms with van der Waals surface area (Å²) >= 11 is 0. The molecule has 6 aliphatic rings. The summed E-state index contributed by atoms with van der Waals surface area (Å²) in [7, 11) is -9.44. The number of benzene rings is 3. The average Bonchev–Trinajstić information content (AvgIpc) is 3.90. The monoisotopic (exact) mass is 988 g/mol. The molecule has 6 fully saturated rings. The van der Waals surface area contributed by atoms with E-state index < -0.39 is 130 Å². The van der Waals surface area contributed by atoms with Gasteiger partial charge < -0.3 is 18.9 Å². The van der Waals surface area contributed by atoms with Crippen LogP contribution in [0.3, 0.4) is 0 Å². The van der Waals surface area contributed by atoms with Gasteiger partial charge in [-0.15, -0.1) is 0 Å². The van der Waals surface area contributed by atoms with E-state index in [1.165, 1.54) is 42.5 Å². The number of fused-ring (bicyclic) bond motifs is 10. The number of halogens is 15. The van der Waals surface area contributed by atoms with E-state index in [0.717, 1.165) is 38.5 Å². The first kappa shape index (κ1) is 46.5. The van der Waals surface area contributed by atoms with Crippen LogP contribution in [0.2, 0.25) is 0 Å². The highest BCUT2D eigenvalue weighted by molar-refractivity contribution is 8.33. The molecule has 0 N–H and O–H groups in total. The van der Waals surface area contributed by atoms with E-state index in [-0.39, 0.29) is 54.5 Å². The van der Waals surface area contributed by atoms with Crippen molar-refractivity contribution in [3.63, 3.8) is 0 Å². The van der Waals surface area contributed by atoms with Gasteiger partial charge >= 0.3 is 40.3 Å². The van der Waals surface area contributed by atoms with Gasteiger partial charge in [-0.3, -0.25) is 0 Å². The van der Waals surface area contributed by atoms with Crippen LogP contribution in [-0.2, 0) is 34.1 Å². The summed E-state index contributed by atoms with van der Waals surface area (Å²) in [6.45, 7) is 0. The van der Waals surface area contributed by atoms with Crippen LogP contribution in [0.5, 0.6) is 11.5 Å². The Labute approximate surface area is 361 Å². The number of ether oxygens (including phenoxy) is 4. The molecule has 3 aromatic carbocycles. The zero-order valence-corrected chi connectivity index (χ0v) is 35.0. The van der Waals surface area contributed by atoms with Crippen LogP contribution in [0.25, 0.3) is 0 Å². The lowest BCUT2D eigenvalue weighted by Crippen LogP contribution is -2.77. The Hall–Kier alpha value is -3.61. The van der Waals surface area contributed by atoms with Crippen LogP contribution >= 0.6 is 10.3 Å². The molecule has 358 valence electrons. The molecule has 2 heterocycles. The van der Waals surface area contributed by atoms with Gasteiger partial charge in [-0.1, -0.05) is 42.5 Å². The molecular formula is C41H35F15O7S2. The van der Waals surface area contributed by atoms with Gasteiger partial charge in [0.05, 0.1) is 36.2 Å². The normalized spacial score (nSPS) is 32.8. The molecule has 65 heavy (non-hydrogen) atoms. The highest BCUT2D eigenvalue weighted by Gasteiger charge is 2.90. The van der Waals surface area contributed by atoms with Crippen molar-refractivity contribution < 1.29 is 96.9 Å². The minimum Gasteiger partial charge on any atom is -0.495 e. The van der Waals surface area contributed by atoms with Gasteiger partial charge in [-0.2, -0.15) is 77.9 Å². The van der Waals surface area contributed by atoms with Crippen molar-refractivity contribution in [2.75, 3.05) is 14.2 Å². The minimum absolute atomic E-state index is 0.0950. The number of hydrogen-bond acceptors (Lipinski definition) is 7. The van der Waals surface area contributed by atoms with Crippen LogP contribution in [0, 0.1) is 23.7 Å². The smallest absolute Gasteiger partial charge is 0.495 e. The molecule has 0 spiro atoms. The molecular weight excluding hydrogens is 954 g/mol. The number of rotatable bonds is 9. The molecule has 4 aliphatic carbocycles. The van der Waals surface area contributed by atoms with Gasteiger partial charge in [-0.25, -0.2) is 0 Å². The van der Waals surface area contributed by atoms with Crippen molar-refractivity contribution in [3.05, 3.63) is 77.9 Å². The molecule has 0 amide bonds. The van der Waals surface area contributed by atoms with Crippen molar-refractivity contribution in [2.24, 2.45) is 23.7 Å².